The monoisotopic (exact) mass is 490 g/mol. The van der Waals surface area contributed by atoms with Crippen LogP contribution >= 0.6 is 0 Å². The van der Waals surface area contributed by atoms with Gasteiger partial charge in [0.15, 0.2) is 18.0 Å². The summed E-state index contributed by atoms with van der Waals surface area (Å²) in [6.45, 7) is 4.33. The molecule has 3 aromatic rings. The second-order valence-electron chi connectivity index (χ2n) is 8.58. The van der Waals surface area contributed by atoms with Gasteiger partial charge in [0, 0.05) is 17.7 Å². The minimum Gasteiger partial charge on any atom is -0.494 e. The Kier molecular flexibility index (Phi) is 8.07. The number of carbonyl (C=O) groups excluding carboxylic acids is 2. The van der Waals surface area contributed by atoms with Crippen molar-refractivity contribution >= 4 is 23.2 Å². The van der Waals surface area contributed by atoms with Gasteiger partial charge < -0.3 is 29.7 Å². The van der Waals surface area contributed by atoms with Crippen LogP contribution in [-0.2, 0) is 17.8 Å². The van der Waals surface area contributed by atoms with E-state index in [2.05, 4.69) is 10.6 Å². The van der Waals surface area contributed by atoms with Crippen LogP contribution in [0, 0.1) is 0 Å². The van der Waals surface area contributed by atoms with Crippen molar-refractivity contribution in [2.24, 2.45) is 0 Å². The highest BCUT2D eigenvalue weighted by Crippen LogP contribution is 2.31. The average molecular weight is 491 g/mol. The van der Waals surface area contributed by atoms with Gasteiger partial charge in [-0.2, -0.15) is 0 Å². The maximum absolute atomic E-state index is 12.9. The van der Waals surface area contributed by atoms with Crippen LogP contribution in [0.4, 0.5) is 11.4 Å². The molecule has 0 aromatic heterocycles. The summed E-state index contributed by atoms with van der Waals surface area (Å²) >= 11 is 0. The van der Waals surface area contributed by atoms with Crippen LogP contribution in [0.15, 0.2) is 60.7 Å². The van der Waals surface area contributed by atoms with Gasteiger partial charge in [-0.05, 0) is 61.0 Å². The van der Waals surface area contributed by atoms with E-state index in [4.69, 9.17) is 14.2 Å². The van der Waals surface area contributed by atoms with E-state index < -0.39 is 0 Å². The molecule has 0 aliphatic carbocycles. The van der Waals surface area contributed by atoms with Gasteiger partial charge in [0.25, 0.3) is 11.8 Å². The third kappa shape index (κ3) is 5.95. The van der Waals surface area contributed by atoms with Crippen molar-refractivity contribution < 1.29 is 28.7 Å². The number of rotatable bonds is 9. The number of para-hydroxylation sites is 1. The average Bonchev–Trinajstić information content (AvgIpc) is 2.89. The molecule has 0 saturated carbocycles. The minimum atomic E-state index is -0.296. The largest absolute Gasteiger partial charge is 0.494 e. The number of ether oxygens (including phenoxy) is 3. The Labute approximate surface area is 211 Å². The molecule has 0 bridgehead atoms. The van der Waals surface area contributed by atoms with Crippen molar-refractivity contribution in [3.05, 3.63) is 77.4 Å². The molecule has 188 valence electrons. The summed E-state index contributed by atoms with van der Waals surface area (Å²) < 4.78 is 16.3. The highest BCUT2D eigenvalue weighted by molar-refractivity contribution is 6.10. The summed E-state index contributed by atoms with van der Waals surface area (Å²) in [5, 5.41) is 5.81. The SMILES string of the molecule is CCOc1ccc(NC(=O)c2ccccc2NC(=O)C[NH+]2CCc3cc(OC)c(OC)cc3C2)cc1. The van der Waals surface area contributed by atoms with Crippen molar-refractivity contribution in [1.29, 1.82) is 0 Å². The lowest BCUT2D eigenvalue weighted by molar-refractivity contribution is -0.907. The number of hydrogen-bond donors (Lipinski definition) is 3. The fourth-order valence-electron chi connectivity index (χ4n) is 4.39. The highest BCUT2D eigenvalue weighted by Gasteiger charge is 2.24. The van der Waals surface area contributed by atoms with Crippen LogP contribution in [-0.4, -0.2) is 45.7 Å². The third-order valence-electron chi connectivity index (χ3n) is 6.17. The zero-order valence-electron chi connectivity index (χ0n) is 20.9. The molecular weight excluding hydrogens is 458 g/mol. The maximum atomic E-state index is 12.9. The highest BCUT2D eigenvalue weighted by atomic mass is 16.5. The zero-order valence-corrected chi connectivity index (χ0v) is 20.9. The molecule has 1 unspecified atom stereocenters. The molecule has 1 heterocycles. The molecule has 1 aliphatic rings. The van der Waals surface area contributed by atoms with E-state index in [-0.39, 0.29) is 11.8 Å². The first-order chi connectivity index (χ1) is 17.5. The number of hydrogen-bond acceptors (Lipinski definition) is 5. The number of amides is 2. The first kappa shape index (κ1) is 25.1. The van der Waals surface area contributed by atoms with E-state index in [1.807, 2.05) is 19.1 Å². The molecule has 1 aliphatic heterocycles. The summed E-state index contributed by atoms with van der Waals surface area (Å²) in [6.07, 6.45) is 0.847. The van der Waals surface area contributed by atoms with Crippen molar-refractivity contribution in [3.8, 4) is 17.2 Å². The van der Waals surface area contributed by atoms with Crippen molar-refractivity contribution in [3.63, 3.8) is 0 Å². The molecule has 0 fully saturated rings. The van der Waals surface area contributed by atoms with Gasteiger partial charge in [-0.1, -0.05) is 12.1 Å². The van der Waals surface area contributed by atoms with Crippen molar-refractivity contribution in [2.75, 3.05) is 44.5 Å². The zero-order chi connectivity index (χ0) is 25.5. The number of benzene rings is 3. The number of fused-ring (bicyclic) bond motifs is 1. The maximum Gasteiger partial charge on any atom is 0.279 e. The predicted octanol–water partition coefficient (Wildman–Crippen LogP) is 2.93. The van der Waals surface area contributed by atoms with Crippen LogP contribution in [0.2, 0.25) is 0 Å². The van der Waals surface area contributed by atoms with Gasteiger partial charge in [0.2, 0.25) is 0 Å². The number of carbonyl (C=O) groups is 2. The second kappa shape index (κ2) is 11.6. The molecule has 0 saturated heterocycles. The van der Waals surface area contributed by atoms with E-state index >= 15 is 0 Å². The number of quaternary nitrogens is 1. The van der Waals surface area contributed by atoms with Crippen LogP contribution in [0.25, 0.3) is 0 Å². The van der Waals surface area contributed by atoms with Gasteiger partial charge in [-0.25, -0.2) is 0 Å². The van der Waals surface area contributed by atoms with Crippen LogP contribution < -0.4 is 29.7 Å². The van der Waals surface area contributed by atoms with E-state index in [9.17, 15) is 9.59 Å². The van der Waals surface area contributed by atoms with Gasteiger partial charge >= 0.3 is 0 Å². The van der Waals surface area contributed by atoms with Gasteiger partial charge in [0.1, 0.15) is 12.3 Å². The van der Waals surface area contributed by atoms with E-state index in [1.54, 1.807) is 62.8 Å². The second-order valence-corrected chi connectivity index (χ2v) is 8.58. The summed E-state index contributed by atoms with van der Waals surface area (Å²) in [7, 11) is 3.25. The van der Waals surface area contributed by atoms with E-state index in [1.165, 1.54) is 5.56 Å². The minimum absolute atomic E-state index is 0.143. The molecule has 36 heavy (non-hydrogen) atoms. The normalized spacial score (nSPS) is 14.4. The Morgan fingerprint density at radius 3 is 2.31 bits per heavy atom. The first-order valence-electron chi connectivity index (χ1n) is 12.0. The van der Waals surface area contributed by atoms with Crippen molar-refractivity contribution in [2.45, 2.75) is 19.9 Å². The molecule has 0 spiro atoms. The van der Waals surface area contributed by atoms with E-state index in [0.717, 1.165) is 34.9 Å². The molecule has 8 heteroatoms. The van der Waals surface area contributed by atoms with Crippen LogP contribution in [0.3, 0.4) is 0 Å². The van der Waals surface area contributed by atoms with Gasteiger partial charge in [0.05, 0.1) is 38.6 Å². The molecule has 0 radical (unpaired) electrons. The Morgan fingerprint density at radius 2 is 1.61 bits per heavy atom. The molecule has 8 nitrogen and oxygen atoms in total. The smallest absolute Gasteiger partial charge is 0.279 e. The van der Waals surface area contributed by atoms with Crippen LogP contribution in [0.5, 0.6) is 17.2 Å². The number of anilines is 2. The lowest BCUT2D eigenvalue weighted by Crippen LogP contribution is -3.12. The number of nitrogens with one attached hydrogen (secondary N) is 3. The summed E-state index contributed by atoms with van der Waals surface area (Å²) in [4.78, 5) is 27.0. The molecule has 3 aromatic carbocycles. The predicted molar refractivity (Wildman–Crippen MR) is 138 cm³/mol. The topological polar surface area (TPSA) is 90.3 Å². The van der Waals surface area contributed by atoms with Gasteiger partial charge in [-0.15, -0.1) is 0 Å². The van der Waals surface area contributed by atoms with Gasteiger partial charge in [-0.3, -0.25) is 9.59 Å². The Bertz CT molecular complexity index is 1230. The summed E-state index contributed by atoms with van der Waals surface area (Å²) in [5.74, 6) is 1.71. The first-order valence-corrected chi connectivity index (χ1v) is 12.0. The molecule has 2 amide bonds. The molecule has 1 atom stereocenters. The Hall–Kier alpha value is -4.04. The third-order valence-corrected chi connectivity index (χ3v) is 6.17. The molecular formula is C28H32N3O5+. The fraction of sp³-hybridized carbons (Fsp3) is 0.286. The number of methoxy groups -OCH3 is 2. The fourth-order valence-corrected chi connectivity index (χ4v) is 4.39. The lowest BCUT2D eigenvalue weighted by Gasteiger charge is -2.26. The lowest BCUT2D eigenvalue weighted by atomic mass is 9.99. The van der Waals surface area contributed by atoms with E-state index in [0.29, 0.717) is 42.4 Å². The quantitative estimate of drug-likeness (QED) is 0.429. The molecule has 3 N–H and O–H groups in total. The summed E-state index contributed by atoms with van der Waals surface area (Å²) in [6, 6.07) is 18.2. The molecule has 4 rings (SSSR count). The van der Waals surface area contributed by atoms with Crippen molar-refractivity contribution in [1.82, 2.24) is 0 Å². The standard InChI is InChI=1S/C28H31N3O5/c1-4-36-22-11-9-21(10-12-22)29-28(33)23-7-5-6-8-24(23)30-27(32)18-31-14-13-19-15-25(34-2)26(35-3)16-20(19)17-31/h5-12,15-16H,4,13-14,17-18H2,1-3H3,(H,29,33)(H,30,32)/p+1. The Morgan fingerprint density at radius 1 is 0.917 bits per heavy atom. The Balaban J connectivity index is 1.39. The summed E-state index contributed by atoms with van der Waals surface area (Å²) in [5.41, 5.74) is 3.89. The van der Waals surface area contributed by atoms with Crippen LogP contribution in [0.1, 0.15) is 28.4 Å².